The minimum atomic E-state index is -0.260. The first-order valence-corrected chi connectivity index (χ1v) is 7.41. The molecule has 2 aromatic rings. The van der Waals surface area contributed by atoms with Crippen molar-refractivity contribution in [1.29, 1.82) is 0 Å². The summed E-state index contributed by atoms with van der Waals surface area (Å²) < 4.78 is 0. The highest BCUT2D eigenvalue weighted by Gasteiger charge is 2.24. The number of hydrogen-bond donors (Lipinski definition) is 2. The lowest BCUT2D eigenvalue weighted by atomic mass is 9.84. The van der Waals surface area contributed by atoms with Crippen molar-refractivity contribution in [3.05, 3.63) is 71.1 Å². The van der Waals surface area contributed by atoms with Crippen LogP contribution in [0, 0.1) is 0 Å². The molecule has 1 aliphatic rings. The summed E-state index contributed by atoms with van der Waals surface area (Å²) in [6, 6.07) is 11.7. The van der Waals surface area contributed by atoms with Crippen LogP contribution in [0.4, 0.5) is 0 Å². The highest BCUT2D eigenvalue weighted by atomic mass is 16.1. The maximum atomic E-state index is 11.6. The lowest BCUT2D eigenvalue weighted by molar-refractivity contribution is -0.117. The summed E-state index contributed by atoms with van der Waals surface area (Å²) in [5.74, 6) is -0.0809. The summed E-state index contributed by atoms with van der Waals surface area (Å²) in [4.78, 5) is 15.8. The van der Waals surface area contributed by atoms with Gasteiger partial charge in [0.1, 0.15) is 0 Å². The molecule has 3 N–H and O–H groups in total. The highest BCUT2D eigenvalue weighted by Crippen LogP contribution is 2.35. The Kier molecular flexibility index (Phi) is 4.02. The van der Waals surface area contributed by atoms with Gasteiger partial charge >= 0.3 is 0 Å². The Balaban J connectivity index is 2.09. The zero-order valence-electron chi connectivity index (χ0n) is 12.5. The van der Waals surface area contributed by atoms with E-state index in [1.165, 1.54) is 12.5 Å². The second kappa shape index (κ2) is 6.12. The van der Waals surface area contributed by atoms with Crippen molar-refractivity contribution < 1.29 is 4.79 Å². The number of rotatable bonds is 3. The predicted octanol–water partition coefficient (Wildman–Crippen LogP) is 2.58. The lowest BCUT2D eigenvalue weighted by Crippen LogP contribution is -2.27. The fourth-order valence-corrected chi connectivity index (χ4v) is 2.95. The number of benzene rings is 1. The smallest absolute Gasteiger partial charge is 0.221 e. The van der Waals surface area contributed by atoms with Gasteiger partial charge in [-0.1, -0.05) is 30.3 Å². The largest absolute Gasteiger partial charge is 0.326 e. The molecule has 0 radical (unpaired) electrons. The van der Waals surface area contributed by atoms with Gasteiger partial charge in [-0.25, -0.2) is 0 Å². The quantitative estimate of drug-likeness (QED) is 0.914. The molecule has 1 amide bonds. The molecule has 0 fully saturated rings. The van der Waals surface area contributed by atoms with Crippen molar-refractivity contribution in [3.63, 3.8) is 0 Å². The van der Waals surface area contributed by atoms with Gasteiger partial charge in [0.05, 0.1) is 6.04 Å². The average Bonchev–Trinajstić information content (AvgIpc) is 2.55. The normalized spacial score (nSPS) is 15.2. The standard InChI is InChI=1S/C18H19N3O/c1-12(22)21-18-15-7-3-2-5-13(15)8-9-16(18)17(19)14-6-4-10-20-11-14/h2-7,10-11,17H,8-9,19H2,1H3,(H,21,22). The first kappa shape index (κ1) is 14.5. The van der Waals surface area contributed by atoms with E-state index in [2.05, 4.69) is 16.4 Å². The van der Waals surface area contributed by atoms with E-state index < -0.39 is 0 Å². The highest BCUT2D eigenvalue weighted by molar-refractivity contribution is 5.87. The van der Waals surface area contributed by atoms with Gasteiger partial charge in [-0.15, -0.1) is 0 Å². The van der Waals surface area contributed by atoms with Crippen molar-refractivity contribution in [1.82, 2.24) is 10.3 Å². The van der Waals surface area contributed by atoms with Gasteiger partial charge in [0, 0.05) is 30.6 Å². The number of carbonyl (C=O) groups excluding carboxylic acids is 1. The lowest BCUT2D eigenvalue weighted by Gasteiger charge is -2.27. The Bertz CT molecular complexity index is 722. The van der Waals surface area contributed by atoms with Crippen LogP contribution in [0.25, 0.3) is 5.70 Å². The van der Waals surface area contributed by atoms with Gasteiger partial charge < -0.3 is 11.1 Å². The molecular formula is C18H19N3O. The van der Waals surface area contributed by atoms with Gasteiger partial charge in [-0.05, 0) is 35.6 Å². The van der Waals surface area contributed by atoms with E-state index in [0.717, 1.165) is 35.2 Å². The summed E-state index contributed by atoms with van der Waals surface area (Å²) in [6.45, 7) is 1.53. The Morgan fingerprint density at radius 1 is 1.23 bits per heavy atom. The van der Waals surface area contributed by atoms with E-state index in [1.807, 2.05) is 30.3 Å². The number of pyridine rings is 1. The molecule has 112 valence electrons. The first-order valence-electron chi connectivity index (χ1n) is 7.41. The van der Waals surface area contributed by atoms with E-state index in [-0.39, 0.29) is 11.9 Å². The second-order valence-electron chi connectivity index (χ2n) is 5.50. The third kappa shape index (κ3) is 2.78. The third-order valence-electron chi connectivity index (χ3n) is 3.99. The fourth-order valence-electron chi connectivity index (χ4n) is 2.95. The van der Waals surface area contributed by atoms with Crippen molar-refractivity contribution in [2.75, 3.05) is 0 Å². The SMILES string of the molecule is CC(=O)NC1=C(C(N)c2cccnc2)CCc2ccccc21. The number of amides is 1. The van der Waals surface area contributed by atoms with Gasteiger partial charge in [0.15, 0.2) is 0 Å². The average molecular weight is 293 g/mol. The van der Waals surface area contributed by atoms with Crippen molar-refractivity contribution in [2.45, 2.75) is 25.8 Å². The maximum Gasteiger partial charge on any atom is 0.221 e. The minimum absolute atomic E-state index is 0.0809. The Hall–Kier alpha value is -2.46. The number of aromatic nitrogens is 1. The van der Waals surface area contributed by atoms with Crippen LogP contribution in [-0.4, -0.2) is 10.9 Å². The van der Waals surface area contributed by atoms with Crippen LogP contribution >= 0.6 is 0 Å². The number of aryl methyl sites for hydroxylation is 1. The predicted molar refractivity (Wildman–Crippen MR) is 86.7 cm³/mol. The molecule has 1 heterocycles. The van der Waals surface area contributed by atoms with E-state index >= 15 is 0 Å². The molecule has 0 saturated carbocycles. The molecule has 22 heavy (non-hydrogen) atoms. The molecular weight excluding hydrogens is 274 g/mol. The molecule has 4 nitrogen and oxygen atoms in total. The van der Waals surface area contributed by atoms with Crippen LogP contribution in [0.1, 0.15) is 36.1 Å². The van der Waals surface area contributed by atoms with Gasteiger partial charge in [-0.3, -0.25) is 9.78 Å². The Morgan fingerprint density at radius 3 is 2.77 bits per heavy atom. The Morgan fingerprint density at radius 2 is 2.05 bits per heavy atom. The van der Waals surface area contributed by atoms with E-state index in [9.17, 15) is 4.79 Å². The molecule has 0 saturated heterocycles. The van der Waals surface area contributed by atoms with E-state index in [0.29, 0.717) is 0 Å². The fraction of sp³-hybridized carbons (Fsp3) is 0.222. The summed E-state index contributed by atoms with van der Waals surface area (Å²) in [5, 5.41) is 2.98. The van der Waals surface area contributed by atoms with Crippen LogP contribution in [0.3, 0.4) is 0 Å². The molecule has 1 unspecified atom stereocenters. The van der Waals surface area contributed by atoms with E-state index in [1.54, 1.807) is 12.4 Å². The van der Waals surface area contributed by atoms with Gasteiger partial charge in [0.25, 0.3) is 0 Å². The van der Waals surface area contributed by atoms with Crippen LogP contribution in [0.5, 0.6) is 0 Å². The third-order valence-corrected chi connectivity index (χ3v) is 3.99. The van der Waals surface area contributed by atoms with Crippen molar-refractivity contribution in [2.24, 2.45) is 5.73 Å². The molecule has 1 aromatic carbocycles. The molecule has 0 spiro atoms. The summed E-state index contributed by atoms with van der Waals surface area (Å²) in [6.07, 6.45) is 5.28. The Labute approximate surface area is 130 Å². The van der Waals surface area contributed by atoms with Crippen molar-refractivity contribution >= 4 is 11.6 Å². The van der Waals surface area contributed by atoms with Crippen LogP contribution in [0.2, 0.25) is 0 Å². The monoisotopic (exact) mass is 293 g/mol. The van der Waals surface area contributed by atoms with Crippen LogP contribution < -0.4 is 11.1 Å². The van der Waals surface area contributed by atoms with Gasteiger partial charge in [0.2, 0.25) is 5.91 Å². The molecule has 1 atom stereocenters. The number of nitrogens with one attached hydrogen (secondary N) is 1. The van der Waals surface area contributed by atoms with E-state index in [4.69, 9.17) is 5.73 Å². The van der Waals surface area contributed by atoms with Gasteiger partial charge in [-0.2, -0.15) is 0 Å². The molecule has 1 aliphatic carbocycles. The zero-order chi connectivity index (χ0) is 15.5. The molecule has 0 bridgehead atoms. The summed E-state index contributed by atoms with van der Waals surface area (Å²) in [7, 11) is 0. The molecule has 0 aliphatic heterocycles. The zero-order valence-corrected chi connectivity index (χ0v) is 12.5. The summed E-state index contributed by atoms with van der Waals surface area (Å²) in [5.41, 5.74) is 11.6. The number of carbonyl (C=O) groups is 1. The summed E-state index contributed by atoms with van der Waals surface area (Å²) >= 11 is 0. The minimum Gasteiger partial charge on any atom is -0.326 e. The molecule has 4 heteroatoms. The maximum absolute atomic E-state index is 11.6. The van der Waals surface area contributed by atoms with Crippen molar-refractivity contribution in [3.8, 4) is 0 Å². The van der Waals surface area contributed by atoms with Crippen LogP contribution in [-0.2, 0) is 11.2 Å². The molecule has 3 rings (SSSR count). The van der Waals surface area contributed by atoms with Crippen LogP contribution in [0.15, 0.2) is 54.4 Å². The second-order valence-corrected chi connectivity index (χ2v) is 5.50. The molecule has 1 aromatic heterocycles. The number of fused-ring (bicyclic) bond motifs is 1. The number of hydrogen-bond acceptors (Lipinski definition) is 3. The number of nitrogens with two attached hydrogens (primary N) is 1. The number of nitrogens with zero attached hydrogens (tertiary/aromatic N) is 1. The first-order chi connectivity index (χ1) is 10.7. The topological polar surface area (TPSA) is 68.0 Å².